The molecule has 1 N–H and O–H groups in total. The Hall–Kier alpha value is -2.39. The molecule has 0 bridgehead atoms. The molecule has 0 spiro atoms. The SMILES string of the molecule is C[C@H](Oc1ccc(Br)cc1F)C(=O)Nc1ccc(C#N)cc1. The summed E-state index contributed by atoms with van der Waals surface area (Å²) in [5, 5.41) is 11.4. The van der Waals surface area contributed by atoms with Crippen molar-refractivity contribution in [2.45, 2.75) is 13.0 Å². The Morgan fingerprint density at radius 1 is 1.32 bits per heavy atom. The van der Waals surface area contributed by atoms with Crippen LogP contribution >= 0.6 is 15.9 Å². The van der Waals surface area contributed by atoms with E-state index in [4.69, 9.17) is 10.00 Å². The van der Waals surface area contributed by atoms with Crippen molar-refractivity contribution in [2.75, 3.05) is 5.32 Å². The van der Waals surface area contributed by atoms with Crippen LogP contribution in [0.2, 0.25) is 0 Å². The molecule has 0 aliphatic carbocycles. The van der Waals surface area contributed by atoms with Crippen LogP contribution in [0.4, 0.5) is 10.1 Å². The summed E-state index contributed by atoms with van der Waals surface area (Å²) in [4.78, 5) is 12.0. The Morgan fingerprint density at radius 2 is 2.00 bits per heavy atom. The number of carbonyl (C=O) groups excluding carboxylic acids is 1. The Bertz CT molecular complexity index is 726. The van der Waals surface area contributed by atoms with Gasteiger partial charge in [0, 0.05) is 10.2 Å². The summed E-state index contributed by atoms with van der Waals surface area (Å²) >= 11 is 3.15. The number of anilines is 1. The highest BCUT2D eigenvalue weighted by Crippen LogP contribution is 2.22. The van der Waals surface area contributed by atoms with E-state index < -0.39 is 17.8 Å². The van der Waals surface area contributed by atoms with E-state index in [-0.39, 0.29) is 5.75 Å². The number of amides is 1. The molecule has 2 aromatic rings. The number of ether oxygens (including phenoxy) is 1. The standard InChI is InChI=1S/C16H12BrFN2O2/c1-10(22-15-7-4-12(17)8-14(15)18)16(21)20-13-5-2-11(9-19)3-6-13/h2-8,10H,1H3,(H,20,21)/t10-/m0/s1. The molecule has 1 amide bonds. The van der Waals surface area contributed by atoms with E-state index in [1.807, 2.05) is 6.07 Å². The zero-order chi connectivity index (χ0) is 16.1. The molecule has 2 aromatic carbocycles. The third-order valence-electron chi connectivity index (χ3n) is 2.85. The lowest BCUT2D eigenvalue weighted by Crippen LogP contribution is -2.30. The Morgan fingerprint density at radius 3 is 2.59 bits per heavy atom. The van der Waals surface area contributed by atoms with Crippen LogP contribution in [0, 0.1) is 17.1 Å². The first-order chi connectivity index (χ1) is 10.5. The van der Waals surface area contributed by atoms with Gasteiger partial charge in [0.25, 0.3) is 5.91 Å². The molecule has 0 saturated heterocycles. The molecule has 1 atom stereocenters. The van der Waals surface area contributed by atoms with E-state index in [0.717, 1.165) is 0 Å². The highest BCUT2D eigenvalue weighted by molar-refractivity contribution is 9.10. The topological polar surface area (TPSA) is 62.1 Å². The van der Waals surface area contributed by atoms with Crippen LogP contribution in [0.1, 0.15) is 12.5 Å². The molecule has 0 aliphatic heterocycles. The zero-order valence-corrected chi connectivity index (χ0v) is 13.2. The molecule has 0 aromatic heterocycles. The van der Waals surface area contributed by atoms with Crippen molar-refractivity contribution >= 4 is 27.5 Å². The number of nitrogens with one attached hydrogen (secondary N) is 1. The average Bonchev–Trinajstić information content (AvgIpc) is 2.50. The summed E-state index contributed by atoms with van der Waals surface area (Å²) in [6.07, 6.45) is -0.869. The molecule has 0 radical (unpaired) electrons. The molecule has 22 heavy (non-hydrogen) atoms. The third-order valence-corrected chi connectivity index (χ3v) is 3.34. The van der Waals surface area contributed by atoms with Crippen LogP contribution in [0.15, 0.2) is 46.9 Å². The largest absolute Gasteiger partial charge is 0.478 e. The van der Waals surface area contributed by atoms with E-state index in [1.165, 1.54) is 19.1 Å². The van der Waals surface area contributed by atoms with Crippen molar-refractivity contribution in [3.05, 3.63) is 58.3 Å². The fourth-order valence-corrected chi connectivity index (χ4v) is 2.02. The quantitative estimate of drug-likeness (QED) is 0.897. The molecule has 0 heterocycles. The lowest BCUT2D eigenvalue weighted by molar-refractivity contribution is -0.122. The van der Waals surface area contributed by atoms with Crippen LogP contribution < -0.4 is 10.1 Å². The minimum atomic E-state index is -0.869. The average molecular weight is 363 g/mol. The van der Waals surface area contributed by atoms with Gasteiger partial charge in [-0.25, -0.2) is 4.39 Å². The van der Waals surface area contributed by atoms with Gasteiger partial charge in [0.1, 0.15) is 0 Å². The minimum absolute atomic E-state index is 0.00526. The van der Waals surface area contributed by atoms with Crippen molar-refractivity contribution in [1.29, 1.82) is 5.26 Å². The molecule has 0 saturated carbocycles. The van der Waals surface area contributed by atoms with Gasteiger partial charge in [-0.2, -0.15) is 5.26 Å². The Kier molecular flexibility index (Phi) is 5.12. The Labute approximate surface area is 135 Å². The number of hydrogen-bond donors (Lipinski definition) is 1. The summed E-state index contributed by atoms with van der Waals surface area (Å²) in [5.74, 6) is -0.954. The second-order valence-electron chi connectivity index (χ2n) is 4.51. The number of nitrogens with zero attached hydrogens (tertiary/aromatic N) is 1. The van der Waals surface area contributed by atoms with Gasteiger partial charge in [-0.15, -0.1) is 0 Å². The van der Waals surface area contributed by atoms with Crippen molar-refractivity contribution in [2.24, 2.45) is 0 Å². The lowest BCUT2D eigenvalue weighted by atomic mass is 10.2. The molecule has 0 fully saturated rings. The van der Waals surface area contributed by atoms with Crippen LogP contribution in [0.5, 0.6) is 5.75 Å². The third kappa shape index (κ3) is 4.06. The van der Waals surface area contributed by atoms with E-state index in [9.17, 15) is 9.18 Å². The number of halogens is 2. The van der Waals surface area contributed by atoms with Gasteiger partial charge in [0.05, 0.1) is 11.6 Å². The molecule has 0 unspecified atom stereocenters. The first-order valence-corrected chi connectivity index (χ1v) is 7.21. The van der Waals surface area contributed by atoms with Crippen molar-refractivity contribution in [3.8, 4) is 11.8 Å². The van der Waals surface area contributed by atoms with Gasteiger partial charge in [0.15, 0.2) is 17.7 Å². The normalized spacial score (nSPS) is 11.4. The number of hydrogen-bond acceptors (Lipinski definition) is 3. The maximum absolute atomic E-state index is 13.7. The predicted molar refractivity (Wildman–Crippen MR) is 84.0 cm³/mol. The number of nitriles is 1. The van der Waals surface area contributed by atoms with Crippen LogP contribution in [0.25, 0.3) is 0 Å². The van der Waals surface area contributed by atoms with Gasteiger partial charge in [0.2, 0.25) is 0 Å². The molecule has 112 valence electrons. The summed E-state index contributed by atoms with van der Waals surface area (Å²) in [6.45, 7) is 1.53. The molecule has 4 nitrogen and oxygen atoms in total. The van der Waals surface area contributed by atoms with Crippen LogP contribution in [-0.4, -0.2) is 12.0 Å². The number of rotatable bonds is 4. The van der Waals surface area contributed by atoms with E-state index in [2.05, 4.69) is 21.2 Å². The summed E-state index contributed by atoms with van der Waals surface area (Å²) in [7, 11) is 0. The highest BCUT2D eigenvalue weighted by atomic mass is 79.9. The summed E-state index contributed by atoms with van der Waals surface area (Å²) in [6, 6.07) is 12.7. The summed E-state index contributed by atoms with van der Waals surface area (Å²) < 4.78 is 19.6. The second-order valence-corrected chi connectivity index (χ2v) is 5.43. The smallest absolute Gasteiger partial charge is 0.265 e. The van der Waals surface area contributed by atoms with E-state index in [1.54, 1.807) is 30.3 Å². The van der Waals surface area contributed by atoms with Crippen molar-refractivity contribution in [1.82, 2.24) is 0 Å². The van der Waals surface area contributed by atoms with Gasteiger partial charge in [-0.3, -0.25) is 4.79 Å². The van der Waals surface area contributed by atoms with Gasteiger partial charge in [-0.05, 0) is 49.4 Å². The molecule has 0 aliphatic rings. The van der Waals surface area contributed by atoms with Crippen molar-refractivity contribution in [3.63, 3.8) is 0 Å². The predicted octanol–water partition coefficient (Wildman–Crippen LogP) is 3.87. The lowest BCUT2D eigenvalue weighted by Gasteiger charge is -2.15. The fourth-order valence-electron chi connectivity index (χ4n) is 1.69. The van der Waals surface area contributed by atoms with E-state index in [0.29, 0.717) is 15.7 Å². The maximum Gasteiger partial charge on any atom is 0.265 e. The van der Waals surface area contributed by atoms with Crippen LogP contribution in [0.3, 0.4) is 0 Å². The van der Waals surface area contributed by atoms with Gasteiger partial charge < -0.3 is 10.1 Å². The second kappa shape index (κ2) is 7.05. The number of carbonyl (C=O) groups is 1. The van der Waals surface area contributed by atoms with Crippen molar-refractivity contribution < 1.29 is 13.9 Å². The first-order valence-electron chi connectivity index (χ1n) is 6.42. The monoisotopic (exact) mass is 362 g/mol. The van der Waals surface area contributed by atoms with Gasteiger partial charge in [-0.1, -0.05) is 15.9 Å². The highest BCUT2D eigenvalue weighted by Gasteiger charge is 2.17. The Balaban J connectivity index is 2.01. The molecular weight excluding hydrogens is 351 g/mol. The fraction of sp³-hybridized carbons (Fsp3) is 0.125. The molecule has 6 heteroatoms. The summed E-state index contributed by atoms with van der Waals surface area (Å²) in [5.41, 5.74) is 1.04. The van der Waals surface area contributed by atoms with E-state index >= 15 is 0 Å². The first kappa shape index (κ1) is 16.0. The molecule has 2 rings (SSSR count). The zero-order valence-electron chi connectivity index (χ0n) is 11.6. The number of benzene rings is 2. The maximum atomic E-state index is 13.7. The molecular formula is C16H12BrFN2O2. The van der Waals surface area contributed by atoms with Gasteiger partial charge >= 0.3 is 0 Å². The van der Waals surface area contributed by atoms with Crippen LogP contribution in [-0.2, 0) is 4.79 Å². The minimum Gasteiger partial charge on any atom is -0.478 e.